The van der Waals surface area contributed by atoms with E-state index >= 15 is 0 Å². The molecule has 1 saturated heterocycles. The highest BCUT2D eigenvalue weighted by molar-refractivity contribution is 6.23. The van der Waals surface area contributed by atoms with Gasteiger partial charge in [0.1, 0.15) is 23.4 Å². The van der Waals surface area contributed by atoms with Crippen LogP contribution in [-0.2, 0) is 9.59 Å². The van der Waals surface area contributed by atoms with Crippen molar-refractivity contribution in [2.24, 2.45) is 0 Å². The Morgan fingerprint density at radius 2 is 1.80 bits per heavy atom. The predicted molar refractivity (Wildman–Crippen MR) is 90.5 cm³/mol. The smallest absolute Gasteiger partial charge is 0.256 e. The van der Waals surface area contributed by atoms with Crippen molar-refractivity contribution in [2.45, 2.75) is 12.5 Å². The van der Waals surface area contributed by atoms with E-state index in [2.05, 4.69) is 5.32 Å². The Hall–Kier alpha value is -3.09. The molecule has 25 heavy (non-hydrogen) atoms. The van der Waals surface area contributed by atoms with Crippen molar-refractivity contribution in [1.29, 1.82) is 0 Å². The first-order valence-electron chi connectivity index (χ1n) is 7.64. The molecule has 1 N–H and O–H groups in total. The lowest BCUT2D eigenvalue weighted by Crippen LogP contribution is -2.35. The summed E-state index contributed by atoms with van der Waals surface area (Å²) in [5.41, 5.74) is 0.929. The molecule has 2 aromatic carbocycles. The number of nitrogens with one attached hydrogen (secondary N) is 1. The highest BCUT2D eigenvalue weighted by Gasteiger charge is 2.40. The molecule has 0 aliphatic carbocycles. The van der Waals surface area contributed by atoms with Crippen molar-refractivity contribution in [3.05, 3.63) is 48.3 Å². The van der Waals surface area contributed by atoms with Crippen LogP contribution in [0.5, 0.6) is 11.5 Å². The van der Waals surface area contributed by atoms with Crippen molar-refractivity contribution < 1.29 is 23.5 Å². The van der Waals surface area contributed by atoms with Crippen molar-refractivity contribution >= 4 is 23.2 Å². The van der Waals surface area contributed by atoms with E-state index in [1.54, 1.807) is 18.2 Å². The van der Waals surface area contributed by atoms with Gasteiger partial charge in [0.05, 0.1) is 26.3 Å². The van der Waals surface area contributed by atoms with Gasteiger partial charge in [-0.3, -0.25) is 9.59 Å². The Labute approximate surface area is 144 Å². The first-order chi connectivity index (χ1) is 12.0. The van der Waals surface area contributed by atoms with Crippen LogP contribution in [0.25, 0.3) is 0 Å². The summed E-state index contributed by atoms with van der Waals surface area (Å²) < 4.78 is 23.4. The first-order valence-corrected chi connectivity index (χ1v) is 7.64. The molecule has 1 fully saturated rings. The lowest BCUT2D eigenvalue weighted by atomic mass is 10.2. The Kier molecular flexibility index (Phi) is 4.56. The molecule has 7 heteroatoms. The number of anilines is 2. The highest BCUT2D eigenvalue weighted by atomic mass is 19.1. The minimum absolute atomic E-state index is 0.00535. The number of methoxy groups -OCH3 is 2. The second-order valence-corrected chi connectivity index (χ2v) is 5.51. The fraction of sp³-hybridized carbons (Fsp3) is 0.222. The van der Waals surface area contributed by atoms with Crippen LogP contribution in [0.4, 0.5) is 15.8 Å². The number of halogens is 1. The topological polar surface area (TPSA) is 67.9 Å². The molecule has 0 bridgehead atoms. The summed E-state index contributed by atoms with van der Waals surface area (Å²) >= 11 is 0. The van der Waals surface area contributed by atoms with Gasteiger partial charge < -0.3 is 14.8 Å². The van der Waals surface area contributed by atoms with Crippen molar-refractivity contribution in [3.63, 3.8) is 0 Å². The molecule has 1 heterocycles. The molecule has 0 unspecified atom stereocenters. The third kappa shape index (κ3) is 3.26. The van der Waals surface area contributed by atoms with Crippen LogP contribution in [0.15, 0.2) is 42.5 Å². The normalized spacial score (nSPS) is 16.9. The lowest BCUT2D eigenvalue weighted by molar-refractivity contribution is -0.121. The number of hydrogen-bond donors (Lipinski definition) is 1. The average molecular weight is 344 g/mol. The zero-order valence-electron chi connectivity index (χ0n) is 13.8. The number of hydrogen-bond acceptors (Lipinski definition) is 5. The minimum atomic E-state index is -0.718. The largest absolute Gasteiger partial charge is 0.497 e. The maximum atomic E-state index is 13.0. The Morgan fingerprint density at radius 3 is 2.44 bits per heavy atom. The Balaban J connectivity index is 1.85. The number of amides is 2. The third-order valence-corrected chi connectivity index (χ3v) is 3.96. The van der Waals surface area contributed by atoms with Crippen molar-refractivity contribution in [1.82, 2.24) is 0 Å². The van der Waals surface area contributed by atoms with Gasteiger partial charge in [-0.2, -0.15) is 0 Å². The summed E-state index contributed by atoms with van der Waals surface area (Å²) in [5.74, 6) is -0.181. The van der Waals surface area contributed by atoms with Gasteiger partial charge >= 0.3 is 0 Å². The lowest BCUT2D eigenvalue weighted by Gasteiger charge is -2.19. The van der Waals surface area contributed by atoms with Gasteiger partial charge in [0.2, 0.25) is 5.91 Å². The average Bonchev–Trinajstić information content (AvgIpc) is 2.90. The molecule has 2 amide bonds. The van der Waals surface area contributed by atoms with Gasteiger partial charge in [-0.1, -0.05) is 0 Å². The van der Waals surface area contributed by atoms with E-state index in [9.17, 15) is 14.0 Å². The monoisotopic (exact) mass is 344 g/mol. The van der Waals surface area contributed by atoms with E-state index in [0.717, 1.165) is 4.90 Å². The molecule has 0 saturated carbocycles. The third-order valence-electron chi connectivity index (χ3n) is 3.96. The summed E-state index contributed by atoms with van der Waals surface area (Å²) in [6.45, 7) is 0. The van der Waals surface area contributed by atoms with Gasteiger partial charge in [0, 0.05) is 11.8 Å². The quantitative estimate of drug-likeness (QED) is 0.845. The maximum Gasteiger partial charge on any atom is 0.256 e. The Morgan fingerprint density at radius 1 is 1.08 bits per heavy atom. The minimum Gasteiger partial charge on any atom is -0.497 e. The van der Waals surface area contributed by atoms with Gasteiger partial charge in [-0.15, -0.1) is 0 Å². The van der Waals surface area contributed by atoms with Crippen LogP contribution >= 0.6 is 0 Å². The predicted octanol–water partition coefficient (Wildman–Crippen LogP) is 2.59. The van der Waals surface area contributed by atoms with Crippen LogP contribution in [0.2, 0.25) is 0 Å². The molecule has 1 aliphatic rings. The highest BCUT2D eigenvalue weighted by Crippen LogP contribution is 2.35. The van der Waals surface area contributed by atoms with Crippen LogP contribution in [0.3, 0.4) is 0 Å². The maximum absolute atomic E-state index is 13.0. The molecule has 0 aromatic heterocycles. The van der Waals surface area contributed by atoms with Crippen molar-refractivity contribution in [2.75, 3.05) is 24.4 Å². The molecule has 0 spiro atoms. The standard InChI is InChI=1S/C18H17FN2O4/c1-24-13-7-8-15(16(9-13)25-2)21-17(22)10-14(18(21)23)20-12-5-3-11(19)4-6-12/h3-9,14,20H,10H2,1-2H3/t14-/m1/s1. The molecule has 1 aliphatic heterocycles. The SMILES string of the molecule is COc1ccc(N2C(=O)C[C@@H](Nc3ccc(F)cc3)C2=O)c(OC)c1. The molecule has 6 nitrogen and oxygen atoms in total. The van der Waals surface area contributed by atoms with Gasteiger partial charge in [-0.05, 0) is 36.4 Å². The van der Waals surface area contributed by atoms with E-state index in [0.29, 0.717) is 22.9 Å². The molecular weight excluding hydrogens is 327 g/mol. The summed E-state index contributed by atoms with van der Waals surface area (Å²) in [6.07, 6.45) is 0.00535. The number of rotatable bonds is 5. The molecule has 1 atom stereocenters. The van der Waals surface area contributed by atoms with Gasteiger partial charge in [0.25, 0.3) is 5.91 Å². The summed E-state index contributed by atoms with van der Waals surface area (Å²) in [4.78, 5) is 26.2. The summed E-state index contributed by atoms with van der Waals surface area (Å²) in [7, 11) is 2.97. The van der Waals surface area contributed by atoms with Crippen LogP contribution in [0, 0.1) is 5.82 Å². The van der Waals surface area contributed by atoms with Crippen LogP contribution in [-0.4, -0.2) is 32.1 Å². The van der Waals surface area contributed by atoms with Gasteiger partial charge in [0.15, 0.2) is 0 Å². The van der Waals surface area contributed by atoms with Gasteiger partial charge in [-0.25, -0.2) is 9.29 Å². The fourth-order valence-corrected chi connectivity index (χ4v) is 2.71. The molecule has 130 valence electrons. The number of imide groups is 1. The van der Waals surface area contributed by atoms with Crippen molar-refractivity contribution in [3.8, 4) is 11.5 Å². The van der Waals surface area contributed by atoms with E-state index in [1.165, 1.54) is 38.5 Å². The second kappa shape index (κ2) is 6.80. The van der Waals surface area contributed by atoms with Crippen LogP contribution < -0.4 is 19.7 Å². The molecule has 2 aromatic rings. The summed E-state index contributed by atoms with van der Waals surface area (Å²) in [5, 5.41) is 2.96. The zero-order valence-corrected chi connectivity index (χ0v) is 13.8. The Bertz CT molecular complexity index is 807. The second-order valence-electron chi connectivity index (χ2n) is 5.51. The van der Waals surface area contributed by atoms with E-state index in [1.807, 2.05) is 0 Å². The zero-order chi connectivity index (χ0) is 18.0. The number of benzene rings is 2. The number of carbonyl (C=O) groups is 2. The number of ether oxygens (including phenoxy) is 2. The molecule has 0 radical (unpaired) electrons. The van der Waals surface area contributed by atoms with E-state index in [4.69, 9.17) is 9.47 Å². The van der Waals surface area contributed by atoms with Crippen LogP contribution in [0.1, 0.15) is 6.42 Å². The number of nitrogens with zero attached hydrogens (tertiary/aromatic N) is 1. The number of carbonyl (C=O) groups excluding carboxylic acids is 2. The first kappa shape index (κ1) is 16.8. The fourth-order valence-electron chi connectivity index (χ4n) is 2.71. The van der Waals surface area contributed by atoms with E-state index in [-0.39, 0.29) is 18.1 Å². The van der Waals surface area contributed by atoms with E-state index < -0.39 is 11.9 Å². The molecule has 3 rings (SSSR count). The molecular formula is C18H17FN2O4. The summed E-state index contributed by atoms with van der Waals surface area (Å²) in [6, 6.07) is 9.75.